The number of rotatable bonds is 5. The third-order valence-corrected chi connectivity index (χ3v) is 8.32. The maximum absolute atomic E-state index is 12.9. The number of aromatic nitrogens is 4. The van der Waals surface area contributed by atoms with E-state index in [1.165, 1.54) is 18.3 Å². The molecule has 40 heavy (non-hydrogen) atoms. The number of fused-ring (bicyclic) bond motifs is 1. The molecule has 13 heteroatoms. The molecule has 2 aromatic heterocycles. The van der Waals surface area contributed by atoms with E-state index >= 15 is 0 Å². The van der Waals surface area contributed by atoms with Crippen LogP contribution < -0.4 is 11.5 Å². The first-order chi connectivity index (χ1) is 18.7. The summed E-state index contributed by atoms with van der Waals surface area (Å²) in [5.41, 5.74) is 12.4. The number of nitrogens with two attached hydrogens (primary N) is 2. The lowest BCUT2D eigenvalue weighted by molar-refractivity contribution is -0.137. The summed E-state index contributed by atoms with van der Waals surface area (Å²) in [5, 5.41) is 8.99. The highest BCUT2D eigenvalue weighted by Gasteiger charge is 2.79. The molecule has 0 bridgehead atoms. The van der Waals surface area contributed by atoms with Gasteiger partial charge in [0.2, 0.25) is 0 Å². The first kappa shape index (κ1) is 26.2. The van der Waals surface area contributed by atoms with Gasteiger partial charge in [-0.3, -0.25) is 9.48 Å². The predicted octanol–water partition coefficient (Wildman–Crippen LogP) is 3.92. The number of anilines is 1. The number of carbonyl (C=O) groups excluding carboxylic acids is 2. The summed E-state index contributed by atoms with van der Waals surface area (Å²) >= 11 is 0. The highest BCUT2D eigenvalue weighted by atomic mass is 19.4. The van der Waals surface area contributed by atoms with Crippen molar-refractivity contribution in [3.8, 4) is 11.3 Å². The smallest absolute Gasteiger partial charge is 0.416 e. The summed E-state index contributed by atoms with van der Waals surface area (Å²) in [6.45, 7) is 6.99. The van der Waals surface area contributed by atoms with Gasteiger partial charge in [-0.2, -0.15) is 23.4 Å². The zero-order chi connectivity index (χ0) is 28.8. The van der Waals surface area contributed by atoms with Crippen LogP contribution in [0.15, 0.2) is 36.7 Å². The number of ether oxygens (including phenoxy) is 1. The molecule has 2 amide bonds. The Labute approximate surface area is 228 Å². The zero-order valence-corrected chi connectivity index (χ0v) is 22.3. The average molecular weight is 558 g/mol. The fourth-order valence-electron chi connectivity index (χ4n) is 6.55. The van der Waals surface area contributed by atoms with Crippen LogP contribution in [0, 0.1) is 17.3 Å². The van der Waals surface area contributed by atoms with Crippen molar-refractivity contribution in [3.05, 3.63) is 53.3 Å². The number of primary amides is 1. The molecule has 3 fully saturated rings. The van der Waals surface area contributed by atoms with Gasteiger partial charge < -0.3 is 21.1 Å². The number of likely N-dealkylation sites (tertiary alicyclic amines) is 1. The van der Waals surface area contributed by atoms with Crippen LogP contribution in [0.1, 0.15) is 54.7 Å². The Hall–Kier alpha value is -4.03. The molecule has 6 rings (SSSR count). The second-order valence-electron chi connectivity index (χ2n) is 12.0. The van der Waals surface area contributed by atoms with Gasteiger partial charge in [-0.15, -0.1) is 0 Å². The molecule has 2 aliphatic carbocycles. The summed E-state index contributed by atoms with van der Waals surface area (Å²) in [4.78, 5) is 26.7. The molecule has 10 nitrogen and oxygen atoms in total. The van der Waals surface area contributed by atoms with Crippen molar-refractivity contribution in [1.82, 2.24) is 24.5 Å². The molecule has 1 unspecified atom stereocenters. The van der Waals surface area contributed by atoms with Crippen LogP contribution in [0.3, 0.4) is 0 Å². The van der Waals surface area contributed by atoms with Crippen molar-refractivity contribution >= 4 is 17.8 Å². The highest BCUT2D eigenvalue weighted by Crippen LogP contribution is 2.79. The van der Waals surface area contributed by atoms with Crippen molar-refractivity contribution in [2.45, 2.75) is 51.6 Å². The molecule has 1 spiro atoms. The Morgan fingerprint density at radius 3 is 2.48 bits per heavy atom. The van der Waals surface area contributed by atoms with Crippen molar-refractivity contribution in [2.75, 3.05) is 18.8 Å². The number of hydrogen-bond acceptors (Lipinski definition) is 6. The molecule has 3 heterocycles. The largest absolute Gasteiger partial charge is 0.444 e. The van der Waals surface area contributed by atoms with Crippen LogP contribution in [0.4, 0.5) is 23.8 Å². The lowest BCUT2D eigenvalue weighted by Crippen LogP contribution is -2.42. The molecule has 1 aromatic carbocycles. The molecular formula is C27H30F3N7O3. The number of amides is 2. The SMILES string of the molecule is CC(C)(C)OC(=O)N1CC2[C@@H]3[C@H](n4nc(-c5cnn(Cc6ccc(C(F)(F)F)cc6)c5)c(C(N)=O)c4N)C[C@]23C1. The number of alkyl halides is 3. The number of piperidine rings is 1. The summed E-state index contributed by atoms with van der Waals surface area (Å²) in [6.07, 6.45) is -0.754. The Balaban J connectivity index is 1.18. The van der Waals surface area contributed by atoms with E-state index in [4.69, 9.17) is 21.3 Å². The van der Waals surface area contributed by atoms with Gasteiger partial charge in [-0.05, 0) is 56.7 Å². The van der Waals surface area contributed by atoms with Crippen molar-refractivity contribution in [1.29, 1.82) is 0 Å². The van der Waals surface area contributed by atoms with E-state index < -0.39 is 23.2 Å². The van der Waals surface area contributed by atoms with Gasteiger partial charge in [0.05, 0.1) is 24.3 Å². The van der Waals surface area contributed by atoms with Crippen molar-refractivity contribution in [2.24, 2.45) is 23.0 Å². The average Bonchev–Trinajstić information content (AvgIpc) is 3.33. The van der Waals surface area contributed by atoms with Gasteiger partial charge in [0.1, 0.15) is 22.7 Å². The molecule has 1 saturated heterocycles. The maximum Gasteiger partial charge on any atom is 0.416 e. The van der Waals surface area contributed by atoms with Crippen LogP contribution in [0.25, 0.3) is 11.3 Å². The molecular weight excluding hydrogens is 527 g/mol. The highest BCUT2D eigenvalue weighted by molar-refractivity contribution is 6.03. The van der Waals surface area contributed by atoms with E-state index in [1.807, 2.05) is 20.8 Å². The quantitative estimate of drug-likeness (QED) is 0.488. The summed E-state index contributed by atoms with van der Waals surface area (Å²) in [6, 6.07) is 4.83. The molecule has 3 aromatic rings. The third-order valence-electron chi connectivity index (χ3n) is 8.32. The molecule has 3 aliphatic rings. The van der Waals surface area contributed by atoms with Crippen LogP contribution in [0.2, 0.25) is 0 Å². The molecule has 1 aliphatic heterocycles. The topological polar surface area (TPSA) is 134 Å². The third kappa shape index (κ3) is 4.18. The minimum absolute atomic E-state index is 0.0140. The number of nitrogen functional groups attached to an aromatic ring is 1. The normalized spacial score (nSPS) is 25.2. The summed E-state index contributed by atoms with van der Waals surface area (Å²) in [5.74, 6) is 0.0899. The number of nitrogens with zero attached hydrogens (tertiary/aromatic N) is 5. The van der Waals surface area contributed by atoms with E-state index in [-0.39, 0.29) is 35.5 Å². The standard InChI is InChI=1S/C27H30F3N7O3/c1-25(2,3)40-24(39)35-12-17-20-18(8-26(17,20)13-35)37-22(31)19(23(32)38)21(34-37)15-9-33-36(11-15)10-14-4-6-16(7-5-14)27(28,29)30/h4-7,9,11,17-18,20H,8,10,12-13,31H2,1-3H3,(H2,32,38)/t17?,18-,20-,26+/m1/s1. The maximum atomic E-state index is 12.9. The van der Waals surface area contributed by atoms with Gasteiger partial charge in [0.25, 0.3) is 5.91 Å². The van der Waals surface area contributed by atoms with E-state index in [2.05, 4.69) is 5.10 Å². The fourth-order valence-corrected chi connectivity index (χ4v) is 6.55. The van der Waals surface area contributed by atoms with E-state index in [9.17, 15) is 22.8 Å². The number of benzene rings is 1. The van der Waals surface area contributed by atoms with Gasteiger partial charge >= 0.3 is 12.3 Å². The minimum Gasteiger partial charge on any atom is -0.444 e. The van der Waals surface area contributed by atoms with E-state index in [1.54, 1.807) is 20.5 Å². The van der Waals surface area contributed by atoms with Gasteiger partial charge in [0.15, 0.2) is 0 Å². The molecule has 212 valence electrons. The monoisotopic (exact) mass is 557 g/mol. The van der Waals surface area contributed by atoms with Gasteiger partial charge in [-0.25, -0.2) is 9.48 Å². The van der Waals surface area contributed by atoms with Crippen molar-refractivity contribution < 1.29 is 27.5 Å². The second kappa shape index (κ2) is 8.48. The fraction of sp³-hybridized carbons (Fsp3) is 0.481. The number of halogens is 3. The van der Waals surface area contributed by atoms with Crippen LogP contribution in [0.5, 0.6) is 0 Å². The van der Waals surface area contributed by atoms with Gasteiger partial charge in [-0.1, -0.05) is 12.1 Å². The number of hydrogen-bond donors (Lipinski definition) is 2. The first-order valence-electron chi connectivity index (χ1n) is 13.0. The van der Waals surface area contributed by atoms with Gasteiger partial charge in [0, 0.05) is 30.3 Å². The second-order valence-corrected chi connectivity index (χ2v) is 12.0. The Morgan fingerprint density at radius 1 is 1.18 bits per heavy atom. The molecule has 0 radical (unpaired) electrons. The lowest BCUT2D eigenvalue weighted by atomic mass is 9.80. The minimum atomic E-state index is -4.40. The first-order valence-corrected chi connectivity index (χ1v) is 13.0. The molecule has 2 saturated carbocycles. The Morgan fingerprint density at radius 2 is 1.88 bits per heavy atom. The van der Waals surface area contributed by atoms with Crippen LogP contribution in [-0.2, 0) is 17.5 Å². The van der Waals surface area contributed by atoms with Crippen LogP contribution in [-0.4, -0.2) is 55.2 Å². The predicted molar refractivity (Wildman–Crippen MR) is 138 cm³/mol. The molecule has 4 atom stereocenters. The van der Waals surface area contributed by atoms with E-state index in [0.717, 1.165) is 18.6 Å². The van der Waals surface area contributed by atoms with Crippen molar-refractivity contribution in [3.63, 3.8) is 0 Å². The zero-order valence-electron chi connectivity index (χ0n) is 22.3. The lowest BCUT2D eigenvalue weighted by Gasteiger charge is -2.37. The Bertz CT molecular complexity index is 1500. The van der Waals surface area contributed by atoms with Crippen LogP contribution >= 0.6 is 0 Å². The summed E-state index contributed by atoms with van der Waals surface area (Å²) < 4.78 is 47.3. The Kier molecular flexibility index (Phi) is 5.56. The number of carbonyl (C=O) groups is 2. The summed E-state index contributed by atoms with van der Waals surface area (Å²) in [7, 11) is 0. The molecule has 4 N–H and O–H groups in total. The van der Waals surface area contributed by atoms with E-state index in [0.29, 0.717) is 41.7 Å².